The standard InChI is InChI=1S/C32H38Br2ClN3O3/c1-20(39)3-2-4-28(40)37-11-7-21(8-12-37)15-29(41)38-13-9-22(10-14-38)31-30-23(17-26(35)18-27(30)34)5-6-24-16-25(33)19-36-32(24)31/h16-19,21-22,31H,2-15H2,1H3. The zero-order valence-corrected chi connectivity index (χ0v) is 27.6. The Kier molecular flexibility index (Phi) is 10.2. The molecule has 3 heterocycles. The van der Waals surface area contributed by atoms with Crippen molar-refractivity contribution in [1.29, 1.82) is 0 Å². The van der Waals surface area contributed by atoms with E-state index >= 15 is 0 Å². The second kappa shape index (κ2) is 13.7. The van der Waals surface area contributed by atoms with E-state index in [1.807, 2.05) is 17.2 Å². The maximum atomic E-state index is 13.3. The van der Waals surface area contributed by atoms with E-state index < -0.39 is 0 Å². The van der Waals surface area contributed by atoms with E-state index in [2.05, 4.69) is 48.9 Å². The van der Waals surface area contributed by atoms with Crippen molar-refractivity contribution in [2.45, 2.75) is 77.0 Å². The summed E-state index contributed by atoms with van der Waals surface area (Å²) in [7, 11) is 0. The molecule has 1 aromatic heterocycles. The summed E-state index contributed by atoms with van der Waals surface area (Å²) < 4.78 is 2.05. The molecule has 6 nitrogen and oxygen atoms in total. The molecule has 220 valence electrons. The highest BCUT2D eigenvalue weighted by Crippen LogP contribution is 2.46. The van der Waals surface area contributed by atoms with Crippen molar-refractivity contribution in [2.24, 2.45) is 11.8 Å². The van der Waals surface area contributed by atoms with Crippen LogP contribution in [0, 0.1) is 11.8 Å². The second-order valence-corrected chi connectivity index (χ2v) is 14.1. The summed E-state index contributed by atoms with van der Waals surface area (Å²) in [6.45, 7) is 4.51. The number of halogens is 3. The monoisotopic (exact) mass is 705 g/mol. The van der Waals surface area contributed by atoms with Gasteiger partial charge in [-0.3, -0.25) is 14.6 Å². The lowest BCUT2D eigenvalue weighted by Gasteiger charge is -2.38. The van der Waals surface area contributed by atoms with Gasteiger partial charge in [0.2, 0.25) is 11.8 Å². The average molecular weight is 708 g/mol. The van der Waals surface area contributed by atoms with Crippen LogP contribution in [0.15, 0.2) is 33.3 Å². The highest BCUT2D eigenvalue weighted by atomic mass is 79.9. The highest BCUT2D eigenvalue weighted by molar-refractivity contribution is 9.10. The number of hydrogen-bond donors (Lipinski definition) is 0. The number of nitrogens with zero attached hydrogens (tertiary/aromatic N) is 3. The van der Waals surface area contributed by atoms with Gasteiger partial charge in [-0.1, -0.05) is 27.5 Å². The molecule has 0 bridgehead atoms. The minimum absolute atomic E-state index is 0.130. The molecular weight excluding hydrogens is 670 g/mol. The zero-order chi connectivity index (χ0) is 29.1. The Hall–Kier alpha value is -1.77. The Balaban J connectivity index is 1.19. The van der Waals surface area contributed by atoms with E-state index in [1.165, 1.54) is 16.7 Å². The Morgan fingerprint density at radius 1 is 0.902 bits per heavy atom. The second-order valence-electron chi connectivity index (χ2n) is 11.9. The molecule has 0 N–H and O–H groups in total. The minimum atomic E-state index is 0.130. The highest BCUT2D eigenvalue weighted by Gasteiger charge is 2.37. The number of carbonyl (C=O) groups excluding carboxylic acids is 3. The molecule has 1 aromatic carbocycles. The number of pyridine rings is 1. The molecular formula is C32H38Br2ClN3O3. The van der Waals surface area contributed by atoms with Crippen LogP contribution in [0.5, 0.6) is 0 Å². The molecule has 2 saturated heterocycles. The first-order valence-electron chi connectivity index (χ1n) is 14.9. The molecule has 1 atom stereocenters. The van der Waals surface area contributed by atoms with Gasteiger partial charge in [-0.15, -0.1) is 0 Å². The van der Waals surface area contributed by atoms with E-state index in [-0.39, 0.29) is 23.5 Å². The summed E-state index contributed by atoms with van der Waals surface area (Å²) in [5.41, 5.74) is 5.02. The Labute approximate surface area is 264 Å². The number of aryl methyl sites for hydroxylation is 2. The number of aromatic nitrogens is 1. The topological polar surface area (TPSA) is 70.6 Å². The van der Waals surface area contributed by atoms with Crippen molar-refractivity contribution in [3.05, 3.63) is 60.7 Å². The summed E-state index contributed by atoms with van der Waals surface area (Å²) in [6.07, 6.45) is 9.47. The van der Waals surface area contributed by atoms with Crippen LogP contribution in [0.25, 0.3) is 0 Å². The van der Waals surface area contributed by atoms with E-state index in [4.69, 9.17) is 16.6 Å². The molecule has 2 aromatic rings. The molecule has 0 saturated carbocycles. The van der Waals surface area contributed by atoms with Crippen molar-refractivity contribution in [1.82, 2.24) is 14.8 Å². The van der Waals surface area contributed by atoms with Crippen molar-refractivity contribution < 1.29 is 14.4 Å². The number of amides is 2. The Morgan fingerprint density at radius 3 is 2.27 bits per heavy atom. The van der Waals surface area contributed by atoms with Crippen LogP contribution in [-0.2, 0) is 27.2 Å². The van der Waals surface area contributed by atoms with Gasteiger partial charge in [-0.2, -0.15) is 0 Å². The lowest BCUT2D eigenvalue weighted by molar-refractivity contribution is -0.135. The van der Waals surface area contributed by atoms with Crippen molar-refractivity contribution in [2.75, 3.05) is 26.2 Å². The van der Waals surface area contributed by atoms with Crippen molar-refractivity contribution in [3.8, 4) is 0 Å². The van der Waals surface area contributed by atoms with Crippen molar-refractivity contribution >= 4 is 61.1 Å². The molecule has 1 unspecified atom stereocenters. The van der Waals surface area contributed by atoms with E-state index in [1.54, 1.807) is 6.92 Å². The fourth-order valence-corrected chi connectivity index (χ4v) is 8.42. The maximum absolute atomic E-state index is 13.3. The maximum Gasteiger partial charge on any atom is 0.222 e. The SMILES string of the molecule is CC(=O)CCCC(=O)N1CCC(CC(=O)N2CCC(C3c4ncc(Br)cc4CCc4cc(Cl)cc(Br)c43)CC2)CC1. The number of fused-ring (bicyclic) bond motifs is 2. The number of ketones is 1. The van der Waals surface area contributed by atoms with Crippen LogP contribution in [0.4, 0.5) is 0 Å². The van der Waals surface area contributed by atoms with Gasteiger partial charge < -0.3 is 14.6 Å². The first-order chi connectivity index (χ1) is 19.7. The third kappa shape index (κ3) is 7.42. The van der Waals surface area contributed by atoms with E-state index in [0.717, 1.165) is 71.3 Å². The molecule has 5 rings (SSSR count). The molecule has 2 aliphatic heterocycles. The predicted octanol–water partition coefficient (Wildman–Crippen LogP) is 7.12. The predicted molar refractivity (Wildman–Crippen MR) is 168 cm³/mol. The van der Waals surface area contributed by atoms with Gasteiger partial charge in [-0.25, -0.2) is 0 Å². The Bertz CT molecular complexity index is 1300. The summed E-state index contributed by atoms with van der Waals surface area (Å²) in [4.78, 5) is 45.9. The van der Waals surface area contributed by atoms with Crippen LogP contribution in [-0.4, -0.2) is 58.6 Å². The number of benzene rings is 1. The van der Waals surface area contributed by atoms with Gasteiger partial charge in [0.05, 0.1) is 5.69 Å². The first-order valence-corrected chi connectivity index (χ1v) is 16.8. The fraction of sp³-hybridized carbons (Fsp3) is 0.562. The average Bonchev–Trinajstić information content (AvgIpc) is 3.10. The smallest absolute Gasteiger partial charge is 0.222 e. The van der Waals surface area contributed by atoms with Gasteiger partial charge in [-0.05, 0) is 115 Å². The largest absolute Gasteiger partial charge is 0.343 e. The van der Waals surface area contributed by atoms with Gasteiger partial charge in [0.15, 0.2) is 0 Å². The third-order valence-electron chi connectivity index (χ3n) is 9.13. The van der Waals surface area contributed by atoms with Crippen molar-refractivity contribution in [3.63, 3.8) is 0 Å². The number of rotatable bonds is 7. The summed E-state index contributed by atoms with van der Waals surface area (Å²) >= 11 is 13.9. The van der Waals surface area contributed by atoms with Gasteiger partial charge in [0.25, 0.3) is 0 Å². The Morgan fingerprint density at radius 2 is 1.56 bits per heavy atom. The number of piperidine rings is 2. The summed E-state index contributed by atoms with van der Waals surface area (Å²) in [5.74, 6) is 1.38. The fourth-order valence-electron chi connectivity index (χ4n) is 6.92. The summed E-state index contributed by atoms with van der Waals surface area (Å²) in [6, 6.07) is 6.32. The van der Waals surface area contributed by atoms with Gasteiger partial charge in [0.1, 0.15) is 5.78 Å². The molecule has 1 aliphatic carbocycles. The van der Waals surface area contributed by atoms with Crippen LogP contribution < -0.4 is 0 Å². The van der Waals surface area contributed by atoms with Gasteiger partial charge in [0, 0.05) is 71.5 Å². The molecule has 3 aliphatic rings. The molecule has 0 spiro atoms. The summed E-state index contributed by atoms with van der Waals surface area (Å²) in [5, 5.41) is 0.748. The molecule has 2 amide bonds. The molecule has 9 heteroatoms. The van der Waals surface area contributed by atoms with E-state index in [0.29, 0.717) is 50.6 Å². The number of hydrogen-bond acceptors (Lipinski definition) is 4. The minimum Gasteiger partial charge on any atom is -0.343 e. The van der Waals surface area contributed by atoms with Crippen LogP contribution in [0.3, 0.4) is 0 Å². The van der Waals surface area contributed by atoms with Crippen LogP contribution >= 0.6 is 43.5 Å². The molecule has 0 radical (unpaired) electrons. The van der Waals surface area contributed by atoms with E-state index in [9.17, 15) is 14.4 Å². The number of likely N-dealkylation sites (tertiary alicyclic amines) is 2. The first kappa shape index (κ1) is 30.7. The van der Waals surface area contributed by atoms with Crippen LogP contribution in [0.2, 0.25) is 5.02 Å². The number of Topliss-reactive ketones (excluding diaryl/α,β-unsaturated/α-hetero) is 1. The quantitative estimate of drug-likeness (QED) is 0.308. The van der Waals surface area contributed by atoms with Crippen LogP contribution in [0.1, 0.15) is 86.6 Å². The van der Waals surface area contributed by atoms with Gasteiger partial charge >= 0.3 is 0 Å². The number of carbonyl (C=O) groups is 3. The zero-order valence-electron chi connectivity index (χ0n) is 23.6. The third-order valence-corrected chi connectivity index (χ3v) is 10.4. The molecule has 41 heavy (non-hydrogen) atoms. The lowest BCUT2D eigenvalue weighted by atomic mass is 9.76. The lowest BCUT2D eigenvalue weighted by Crippen LogP contribution is -2.43. The molecule has 2 fully saturated rings. The normalized spacial score (nSPS) is 19.9.